The molecule has 3 aromatic rings. The molecule has 30 heavy (non-hydrogen) atoms. The number of thioether (sulfide) groups is 1. The van der Waals surface area contributed by atoms with E-state index in [1.165, 1.54) is 12.1 Å². The quantitative estimate of drug-likeness (QED) is 0.431. The lowest BCUT2D eigenvalue weighted by atomic mass is 10.2. The van der Waals surface area contributed by atoms with E-state index in [1.54, 1.807) is 34.9 Å². The van der Waals surface area contributed by atoms with Crippen molar-refractivity contribution in [2.45, 2.75) is 25.2 Å². The number of carbonyl (C=O) groups is 1. The van der Waals surface area contributed by atoms with E-state index in [1.807, 2.05) is 6.92 Å². The van der Waals surface area contributed by atoms with Gasteiger partial charge in [0.25, 0.3) is 0 Å². The molecule has 0 aliphatic heterocycles. The van der Waals surface area contributed by atoms with Crippen LogP contribution in [0.1, 0.15) is 6.92 Å². The molecule has 1 amide bonds. The molecule has 0 saturated heterocycles. The molecule has 0 spiro atoms. The maximum atomic E-state index is 12.7. The van der Waals surface area contributed by atoms with Crippen LogP contribution in [0, 0.1) is 0 Å². The van der Waals surface area contributed by atoms with Gasteiger partial charge in [-0.1, -0.05) is 47.1 Å². The predicted octanol–water partition coefficient (Wildman–Crippen LogP) is 5.60. The van der Waals surface area contributed by atoms with Gasteiger partial charge in [0.05, 0.1) is 22.0 Å². The normalized spacial score (nSPS) is 11.0. The first kappa shape index (κ1) is 22.3. The highest BCUT2D eigenvalue weighted by Crippen LogP contribution is 2.32. The number of rotatable bonds is 8. The van der Waals surface area contributed by atoms with E-state index in [0.717, 1.165) is 11.8 Å². The van der Waals surface area contributed by atoms with E-state index in [0.29, 0.717) is 38.8 Å². The largest absolute Gasteiger partial charge is 0.434 e. The van der Waals surface area contributed by atoms with Crippen LogP contribution in [0.25, 0.3) is 11.4 Å². The molecular weight excluding hydrogens is 457 g/mol. The summed E-state index contributed by atoms with van der Waals surface area (Å²) in [6.45, 7) is -0.624. The number of para-hydroxylation sites is 1. The standard InChI is InChI=1S/C19H16Cl2F2N4O2S/c1-2-27-17(12-5-3-4-6-15(12)29-18(22)23)25-26-19(27)30-10-16(28)24-14-8-7-11(20)9-13(14)21/h3-9,18H,2,10H2,1H3,(H,24,28). The van der Waals surface area contributed by atoms with Crippen molar-refractivity contribution >= 4 is 46.6 Å². The van der Waals surface area contributed by atoms with Gasteiger partial charge in [-0.15, -0.1) is 10.2 Å². The minimum atomic E-state index is -2.96. The van der Waals surface area contributed by atoms with Crippen LogP contribution in [0.3, 0.4) is 0 Å². The molecule has 1 N–H and O–H groups in total. The number of nitrogens with one attached hydrogen (secondary N) is 1. The number of aromatic nitrogens is 3. The van der Waals surface area contributed by atoms with Crippen molar-refractivity contribution in [1.82, 2.24) is 14.8 Å². The van der Waals surface area contributed by atoms with Gasteiger partial charge >= 0.3 is 6.61 Å². The van der Waals surface area contributed by atoms with Gasteiger partial charge in [-0.3, -0.25) is 4.79 Å². The Kier molecular flexibility index (Phi) is 7.52. The molecule has 3 rings (SSSR count). The minimum Gasteiger partial charge on any atom is -0.434 e. The van der Waals surface area contributed by atoms with Crippen molar-refractivity contribution in [3.8, 4) is 17.1 Å². The molecule has 11 heteroatoms. The van der Waals surface area contributed by atoms with Crippen molar-refractivity contribution in [1.29, 1.82) is 0 Å². The summed E-state index contributed by atoms with van der Waals surface area (Å²) >= 11 is 13.1. The van der Waals surface area contributed by atoms with Crippen molar-refractivity contribution in [2.75, 3.05) is 11.1 Å². The van der Waals surface area contributed by atoms with Crippen LogP contribution in [0.5, 0.6) is 5.75 Å². The zero-order valence-electron chi connectivity index (χ0n) is 15.6. The first-order valence-corrected chi connectivity index (χ1v) is 10.5. The molecule has 0 radical (unpaired) electrons. The van der Waals surface area contributed by atoms with Gasteiger partial charge in [-0.25, -0.2) is 0 Å². The Labute approximate surface area is 185 Å². The second-order valence-corrected chi connectivity index (χ2v) is 7.67. The second-order valence-electron chi connectivity index (χ2n) is 5.89. The SMILES string of the molecule is CCn1c(SCC(=O)Nc2ccc(Cl)cc2Cl)nnc1-c1ccccc1OC(F)F. The highest BCUT2D eigenvalue weighted by Gasteiger charge is 2.19. The summed E-state index contributed by atoms with van der Waals surface area (Å²) in [5.41, 5.74) is 0.832. The van der Waals surface area contributed by atoms with E-state index in [9.17, 15) is 13.6 Å². The van der Waals surface area contributed by atoms with Gasteiger partial charge in [0.2, 0.25) is 5.91 Å². The fraction of sp³-hybridized carbons (Fsp3) is 0.211. The Morgan fingerprint density at radius 1 is 1.23 bits per heavy atom. The lowest BCUT2D eigenvalue weighted by Gasteiger charge is -2.12. The lowest BCUT2D eigenvalue weighted by Crippen LogP contribution is -2.15. The van der Waals surface area contributed by atoms with Gasteiger partial charge in [0, 0.05) is 11.6 Å². The zero-order chi connectivity index (χ0) is 21.7. The van der Waals surface area contributed by atoms with E-state index < -0.39 is 6.61 Å². The summed E-state index contributed by atoms with van der Waals surface area (Å²) in [6, 6.07) is 11.1. The average molecular weight is 473 g/mol. The molecule has 0 aliphatic rings. The van der Waals surface area contributed by atoms with Crippen LogP contribution in [0.15, 0.2) is 47.6 Å². The number of benzene rings is 2. The van der Waals surface area contributed by atoms with Gasteiger partial charge in [0.1, 0.15) is 5.75 Å². The van der Waals surface area contributed by atoms with Crippen LogP contribution in [-0.2, 0) is 11.3 Å². The van der Waals surface area contributed by atoms with Crippen LogP contribution in [0.2, 0.25) is 10.0 Å². The molecular formula is C19H16Cl2F2N4O2S. The topological polar surface area (TPSA) is 69.0 Å². The summed E-state index contributed by atoms with van der Waals surface area (Å²) in [5, 5.41) is 12.2. The van der Waals surface area contributed by atoms with Gasteiger partial charge in [0.15, 0.2) is 11.0 Å². The highest BCUT2D eigenvalue weighted by atomic mass is 35.5. The van der Waals surface area contributed by atoms with Crippen LogP contribution < -0.4 is 10.1 Å². The predicted molar refractivity (Wildman–Crippen MR) is 114 cm³/mol. The number of hydrogen-bond donors (Lipinski definition) is 1. The molecule has 0 aliphatic carbocycles. The van der Waals surface area contributed by atoms with Crippen molar-refractivity contribution in [2.24, 2.45) is 0 Å². The number of amides is 1. The molecule has 0 fully saturated rings. The van der Waals surface area contributed by atoms with Crippen LogP contribution >= 0.6 is 35.0 Å². The van der Waals surface area contributed by atoms with E-state index in [4.69, 9.17) is 23.2 Å². The van der Waals surface area contributed by atoms with Crippen molar-refractivity contribution in [3.05, 3.63) is 52.5 Å². The number of ether oxygens (including phenoxy) is 1. The average Bonchev–Trinajstić information content (AvgIpc) is 3.11. The molecule has 0 unspecified atom stereocenters. The smallest absolute Gasteiger partial charge is 0.387 e. The minimum absolute atomic E-state index is 0.00118. The number of nitrogens with zero attached hydrogens (tertiary/aromatic N) is 3. The summed E-state index contributed by atoms with van der Waals surface area (Å²) in [6.07, 6.45) is 0. The Morgan fingerprint density at radius 3 is 2.70 bits per heavy atom. The van der Waals surface area contributed by atoms with Crippen LogP contribution in [0.4, 0.5) is 14.5 Å². The number of alkyl halides is 2. The first-order chi connectivity index (χ1) is 14.4. The molecule has 0 atom stereocenters. The van der Waals surface area contributed by atoms with Crippen molar-refractivity contribution < 1.29 is 18.3 Å². The van der Waals surface area contributed by atoms with Crippen molar-refractivity contribution in [3.63, 3.8) is 0 Å². The molecule has 158 valence electrons. The maximum Gasteiger partial charge on any atom is 0.387 e. The molecule has 1 heterocycles. The lowest BCUT2D eigenvalue weighted by molar-refractivity contribution is -0.113. The fourth-order valence-corrected chi connectivity index (χ4v) is 3.90. The number of hydrogen-bond acceptors (Lipinski definition) is 5. The molecule has 1 aromatic heterocycles. The Bertz CT molecular complexity index is 1050. The number of halogens is 4. The Balaban J connectivity index is 1.74. The number of carbonyl (C=O) groups excluding carboxylic acids is 1. The molecule has 6 nitrogen and oxygen atoms in total. The monoisotopic (exact) mass is 472 g/mol. The maximum absolute atomic E-state index is 12.7. The molecule has 0 bridgehead atoms. The Hall–Kier alpha value is -2.36. The molecule has 2 aromatic carbocycles. The zero-order valence-corrected chi connectivity index (χ0v) is 17.9. The fourth-order valence-electron chi connectivity index (χ4n) is 2.64. The number of anilines is 1. The van der Waals surface area contributed by atoms with Gasteiger partial charge in [-0.05, 0) is 37.3 Å². The summed E-state index contributed by atoms with van der Waals surface area (Å²) < 4.78 is 31.7. The summed E-state index contributed by atoms with van der Waals surface area (Å²) in [7, 11) is 0. The van der Waals surface area contributed by atoms with Crippen LogP contribution in [-0.4, -0.2) is 33.0 Å². The van der Waals surface area contributed by atoms with Gasteiger partial charge in [-0.2, -0.15) is 8.78 Å². The first-order valence-electron chi connectivity index (χ1n) is 8.74. The highest BCUT2D eigenvalue weighted by molar-refractivity contribution is 7.99. The van der Waals surface area contributed by atoms with E-state index >= 15 is 0 Å². The van der Waals surface area contributed by atoms with Gasteiger partial charge < -0.3 is 14.6 Å². The third-order valence-corrected chi connectivity index (χ3v) is 5.43. The third-order valence-electron chi connectivity index (χ3n) is 3.91. The summed E-state index contributed by atoms with van der Waals surface area (Å²) in [5.74, 6) is 0.128. The summed E-state index contributed by atoms with van der Waals surface area (Å²) in [4.78, 5) is 12.3. The second kappa shape index (κ2) is 10.1. The molecule has 0 saturated carbocycles. The van der Waals surface area contributed by atoms with E-state index in [2.05, 4.69) is 20.3 Å². The third kappa shape index (κ3) is 5.41. The van der Waals surface area contributed by atoms with E-state index in [-0.39, 0.29) is 17.4 Å². The Morgan fingerprint density at radius 2 is 2.00 bits per heavy atom.